The fourth-order valence-electron chi connectivity index (χ4n) is 2.53. The molecule has 3 rings (SSSR count). The number of aromatic amines is 1. The second-order valence-electron chi connectivity index (χ2n) is 7.22. The molecule has 0 aliphatic rings. The third-order valence-electron chi connectivity index (χ3n) is 3.96. The number of hydrogen-bond acceptors (Lipinski definition) is 6. The predicted molar refractivity (Wildman–Crippen MR) is 95.6 cm³/mol. The van der Waals surface area contributed by atoms with Crippen LogP contribution in [0.4, 0.5) is 0 Å². The Labute approximate surface area is 150 Å². The van der Waals surface area contributed by atoms with Gasteiger partial charge in [-0.2, -0.15) is 10.1 Å². The van der Waals surface area contributed by atoms with Crippen LogP contribution >= 0.6 is 0 Å². The van der Waals surface area contributed by atoms with E-state index in [2.05, 4.69) is 25.7 Å². The second-order valence-corrected chi connectivity index (χ2v) is 7.22. The first-order chi connectivity index (χ1) is 12.3. The number of carbonyl (C=O) groups excluding carboxylic acids is 1. The molecule has 8 nitrogen and oxygen atoms in total. The summed E-state index contributed by atoms with van der Waals surface area (Å²) in [5, 5.41) is 14.4. The van der Waals surface area contributed by atoms with E-state index in [1.807, 2.05) is 20.8 Å². The first-order valence-corrected chi connectivity index (χ1v) is 8.35. The lowest BCUT2D eigenvalue weighted by molar-refractivity contribution is -0.121. The van der Waals surface area contributed by atoms with Gasteiger partial charge in [0.1, 0.15) is 6.04 Å². The zero-order valence-corrected chi connectivity index (χ0v) is 15.2. The highest BCUT2D eigenvalue weighted by atomic mass is 16.5. The quantitative estimate of drug-likeness (QED) is 0.740. The second kappa shape index (κ2) is 6.70. The number of nitrogens with zero attached hydrogens (tertiary/aromatic N) is 3. The molecule has 3 aromatic rings. The molecule has 1 unspecified atom stereocenters. The summed E-state index contributed by atoms with van der Waals surface area (Å²) in [4.78, 5) is 28.6. The van der Waals surface area contributed by atoms with Gasteiger partial charge < -0.3 is 9.84 Å². The Hall–Kier alpha value is -3.03. The minimum Gasteiger partial charge on any atom is -0.344 e. The van der Waals surface area contributed by atoms with E-state index in [0.717, 1.165) is 0 Å². The average molecular weight is 355 g/mol. The van der Waals surface area contributed by atoms with E-state index in [1.165, 1.54) is 0 Å². The molecular formula is C18H21N5O3. The minimum atomic E-state index is -0.430. The topological polar surface area (TPSA) is 114 Å². The van der Waals surface area contributed by atoms with Gasteiger partial charge in [0.2, 0.25) is 11.8 Å². The van der Waals surface area contributed by atoms with Crippen molar-refractivity contribution in [3.05, 3.63) is 52.0 Å². The molecular weight excluding hydrogens is 334 g/mol. The Balaban J connectivity index is 1.74. The summed E-state index contributed by atoms with van der Waals surface area (Å²) in [7, 11) is 0. The third kappa shape index (κ3) is 3.63. The van der Waals surface area contributed by atoms with Crippen molar-refractivity contribution in [2.75, 3.05) is 0 Å². The Kier molecular flexibility index (Phi) is 4.58. The highest BCUT2D eigenvalue weighted by Crippen LogP contribution is 2.21. The van der Waals surface area contributed by atoms with E-state index in [4.69, 9.17) is 4.52 Å². The molecule has 2 N–H and O–H groups in total. The molecule has 0 aliphatic carbocycles. The molecule has 0 aliphatic heterocycles. The number of benzene rings is 1. The van der Waals surface area contributed by atoms with Crippen molar-refractivity contribution in [3.8, 4) is 0 Å². The molecule has 0 fully saturated rings. The van der Waals surface area contributed by atoms with Gasteiger partial charge in [0.05, 0.1) is 17.5 Å². The number of hydrogen-bond donors (Lipinski definition) is 2. The fourth-order valence-corrected chi connectivity index (χ4v) is 2.53. The van der Waals surface area contributed by atoms with Crippen LogP contribution in [0.2, 0.25) is 0 Å². The molecule has 1 aromatic carbocycles. The monoisotopic (exact) mass is 355 g/mol. The van der Waals surface area contributed by atoms with Crippen molar-refractivity contribution in [2.24, 2.45) is 0 Å². The number of aromatic nitrogens is 4. The van der Waals surface area contributed by atoms with E-state index in [-0.39, 0.29) is 23.3 Å². The Morgan fingerprint density at radius 3 is 2.62 bits per heavy atom. The van der Waals surface area contributed by atoms with Gasteiger partial charge in [-0.3, -0.25) is 9.59 Å². The zero-order valence-electron chi connectivity index (χ0n) is 15.2. The van der Waals surface area contributed by atoms with Gasteiger partial charge in [0, 0.05) is 10.8 Å². The van der Waals surface area contributed by atoms with Crippen LogP contribution < -0.4 is 10.9 Å². The largest absolute Gasteiger partial charge is 0.344 e. The van der Waals surface area contributed by atoms with Crippen molar-refractivity contribution in [1.29, 1.82) is 0 Å². The van der Waals surface area contributed by atoms with E-state index in [9.17, 15) is 9.59 Å². The third-order valence-corrected chi connectivity index (χ3v) is 3.96. The maximum absolute atomic E-state index is 12.4. The lowest BCUT2D eigenvalue weighted by Crippen LogP contribution is -2.29. The summed E-state index contributed by atoms with van der Waals surface area (Å²) in [5.74, 6) is 0.683. The SMILES string of the molecule is CC(NC(=O)Cc1n[nH]c(=O)c2ccccc12)c1nc(C(C)(C)C)no1. The van der Waals surface area contributed by atoms with Gasteiger partial charge in [-0.1, -0.05) is 44.1 Å². The lowest BCUT2D eigenvalue weighted by atomic mass is 9.96. The Bertz CT molecular complexity index is 1000. The van der Waals surface area contributed by atoms with E-state index in [0.29, 0.717) is 28.2 Å². The van der Waals surface area contributed by atoms with Crippen molar-refractivity contribution in [1.82, 2.24) is 25.7 Å². The number of H-pyrrole nitrogens is 1. The molecule has 2 aromatic heterocycles. The maximum Gasteiger partial charge on any atom is 0.272 e. The molecule has 0 saturated carbocycles. The summed E-state index contributed by atoms with van der Waals surface area (Å²) in [6.07, 6.45) is 0.0297. The molecule has 0 radical (unpaired) electrons. The molecule has 2 heterocycles. The molecule has 1 atom stereocenters. The van der Waals surface area contributed by atoms with Crippen LogP contribution in [0.3, 0.4) is 0 Å². The maximum atomic E-state index is 12.4. The summed E-state index contributed by atoms with van der Waals surface area (Å²) in [6.45, 7) is 7.73. The lowest BCUT2D eigenvalue weighted by Gasteiger charge is -2.12. The molecule has 0 saturated heterocycles. The van der Waals surface area contributed by atoms with Crippen LogP contribution in [0.15, 0.2) is 33.6 Å². The summed E-state index contributed by atoms with van der Waals surface area (Å²) in [5.41, 5.74) is -0.00553. The number of rotatable bonds is 4. The zero-order chi connectivity index (χ0) is 18.9. The van der Waals surface area contributed by atoms with Crippen molar-refractivity contribution in [3.63, 3.8) is 0 Å². The standard InChI is InChI=1S/C18H21N5O3/c1-10(16-20-17(23-26-16)18(2,3)4)19-14(24)9-13-11-7-5-6-8-12(11)15(25)22-21-13/h5-8,10H,9H2,1-4H3,(H,19,24)(H,22,25). The molecule has 26 heavy (non-hydrogen) atoms. The molecule has 8 heteroatoms. The number of amides is 1. The number of nitrogens with one attached hydrogen (secondary N) is 2. The van der Waals surface area contributed by atoms with E-state index < -0.39 is 6.04 Å². The normalized spacial score (nSPS) is 12.9. The molecule has 136 valence electrons. The van der Waals surface area contributed by atoms with Gasteiger partial charge in [-0.25, -0.2) is 5.10 Å². The number of fused-ring (bicyclic) bond motifs is 1. The van der Waals surface area contributed by atoms with E-state index in [1.54, 1.807) is 31.2 Å². The molecule has 0 bridgehead atoms. The predicted octanol–water partition coefficient (Wildman–Crippen LogP) is 2.02. The first-order valence-electron chi connectivity index (χ1n) is 8.35. The van der Waals surface area contributed by atoms with Gasteiger partial charge >= 0.3 is 0 Å². The fraction of sp³-hybridized carbons (Fsp3) is 0.389. The molecule has 0 spiro atoms. The van der Waals surface area contributed by atoms with Crippen LogP contribution in [0.5, 0.6) is 0 Å². The minimum absolute atomic E-state index is 0.0297. The molecule has 1 amide bonds. The summed E-state index contributed by atoms with van der Waals surface area (Å²) in [6, 6.07) is 6.62. The van der Waals surface area contributed by atoms with Crippen LogP contribution in [0.1, 0.15) is 51.1 Å². The van der Waals surface area contributed by atoms with Crippen LogP contribution in [0, 0.1) is 0 Å². The smallest absolute Gasteiger partial charge is 0.272 e. The summed E-state index contributed by atoms with van der Waals surface area (Å²) < 4.78 is 5.25. The Morgan fingerprint density at radius 1 is 1.27 bits per heavy atom. The highest BCUT2D eigenvalue weighted by molar-refractivity contribution is 5.88. The summed E-state index contributed by atoms with van der Waals surface area (Å²) >= 11 is 0. The highest BCUT2D eigenvalue weighted by Gasteiger charge is 2.24. The van der Waals surface area contributed by atoms with Gasteiger partial charge in [0.15, 0.2) is 5.82 Å². The average Bonchev–Trinajstić information content (AvgIpc) is 3.08. The van der Waals surface area contributed by atoms with Gasteiger partial charge in [-0.05, 0) is 13.0 Å². The van der Waals surface area contributed by atoms with Crippen molar-refractivity contribution in [2.45, 2.75) is 45.6 Å². The van der Waals surface area contributed by atoms with Crippen LogP contribution in [0.25, 0.3) is 10.8 Å². The number of carbonyl (C=O) groups is 1. The van der Waals surface area contributed by atoms with E-state index >= 15 is 0 Å². The van der Waals surface area contributed by atoms with Gasteiger partial charge in [0.25, 0.3) is 5.56 Å². The van der Waals surface area contributed by atoms with Crippen molar-refractivity contribution >= 4 is 16.7 Å². The van der Waals surface area contributed by atoms with Gasteiger partial charge in [-0.15, -0.1) is 0 Å². The Morgan fingerprint density at radius 2 is 1.96 bits per heavy atom. The van der Waals surface area contributed by atoms with Crippen LogP contribution in [-0.4, -0.2) is 26.2 Å². The van der Waals surface area contributed by atoms with Crippen LogP contribution in [-0.2, 0) is 16.6 Å². The van der Waals surface area contributed by atoms with Crippen molar-refractivity contribution < 1.29 is 9.32 Å². The first kappa shape index (κ1) is 17.8.